The lowest BCUT2D eigenvalue weighted by Gasteiger charge is -2.10. The van der Waals surface area contributed by atoms with E-state index >= 15 is 0 Å². The van der Waals surface area contributed by atoms with Crippen LogP contribution >= 0.6 is 0 Å². The monoisotopic (exact) mass is 577 g/mol. The largest absolute Gasteiger partial charge is 0.352 e. The Kier molecular flexibility index (Phi) is 17.0. The van der Waals surface area contributed by atoms with Crippen LogP contribution in [0.5, 0.6) is 0 Å². The topological polar surface area (TPSA) is 46.9 Å². The molecule has 0 aliphatic carbocycles. The van der Waals surface area contributed by atoms with Crippen molar-refractivity contribution in [3.63, 3.8) is 0 Å². The highest BCUT2D eigenvalue weighted by atomic mass is 19.1. The second-order valence-corrected chi connectivity index (χ2v) is 12.0. The fourth-order valence-corrected chi connectivity index (χ4v) is 5.91. The minimum atomic E-state index is -0.474. The van der Waals surface area contributed by atoms with Gasteiger partial charge in [-0.25, -0.2) is 9.37 Å². The average Bonchev–Trinajstić information content (AvgIpc) is 3.36. The molecule has 0 bridgehead atoms. The van der Waals surface area contributed by atoms with E-state index in [9.17, 15) is 9.18 Å². The molecule has 0 saturated heterocycles. The summed E-state index contributed by atoms with van der Waals surface area (Å²) in [4.78, 5) is 17.1. The summed E-state index contributed by atoms with van der Waals surface area (Å²) >= 11 is 0. The van der Waals surface area contributed by atoms with Gasteiger partial charge >= 0.3 is 0 Å². The van der Waals surface area contributed by atoms with Crippen LogP contribution in [0.4, 0.5) is 4.39 Å². The number of imidazole rings is 1. The van der Waals surface area contributed by atoms with Crippen molar-refractivity contribution in [1.82, 2.24) is 14.9 Å². The molecule has 1 heterocycles. The first-order valence-electron chi connectivity index (χ1n) is 17.2. The van der Waals surface area contributed by atoms with Crippen LogP contribution in [0, 0.1) is 5.82 Å². The Labute approximate surface area is 254 Å². The third-order valence-electron chi connectivity index (χ3n) is 8.45. The number of hydrogen-bond acceptors (Lipinski definition) is 2. The smallest absolute Gasteiger partial charge is 0.254 e. The number of benzene rings is 2. The quantitative estimate of drug-likeness (QED) is 0.108. The van der Waals surface area contributed by atoms with Crippen LogP contribution in [0.2, 0.25) is 0 Å². The van der Waals surface area contributed by atoms with Crippen LogP contribution in [-0.2, 0) is 13.0 Å². The summed E-state index contributed by atoms with van der Waals surface area (Å²) in [7, 11) is 0. The number of aryl methyl sites for hydroxylation is 2. The number of carbonyl (C=O) groups is 1. The summed E-state index contributed by atoms with van der Waals surface area (Å²) in [6.07, 6.45) is 26.0. The first kappa shape index (κ1) is 33.8. The van der Waals surface area contributed by atoms with Crippen LogP contribution in [0.1, 0.15) is 145 Å². The summed E-state index contributed by atoms with van der Waals surface area (Å²) in [5, 5.41) is 2.84. The Bertz CT molecular complexity index is 1140. The number of nitrogens with one attached hydrogen (secondary N) is 1. The van der Waals surface area contributed by atoms with Gasteiger partial charge in [0.25, 0.3) is 5.91 Å². The van der Waals surface area contributed by atoms with Gasteiger partial charge in [-0.2, -0.15) is 0 Å². The van der Waals surface area contributed by atoms with Crippen molar-refractivity contribution in [2.75, 3.05) is 6.54 Å². The fraction of sp³-hybridized carbons (Fsp3) is 0.622. The molecule has 0 aliphatic rings. The molecule has 0 saturated carbocycles. The minimum Gasteiger partial charge on any atom is -0.352 e. The van der Waals surface area contributed by atoms with Gasteiger partial charge in [-0.15, -0.1) is 0 Å². The zero-order chi connectivity index (χ0) is 29.7. The lowest BCUT2D eigenvalue weighted by atomic mass is 10.0. The van der Waals surface area contributed by atoms with E-state index in [1.807, 2.05) is 0 Å². The van der Waals surface area contributed by atoms with Crippen LogP contribution < -0.4 is 5.32 Å². The maximum absolute atomic E-state index is 13.8. The van der Waals surface area contributed by atoms with Gasteiger partial charge in [-0.1, -0.05) is 134 Å². The van der Waals surface area contributed by atoms with Crippen LogP contribution in [0.3, 0.4) is 0 Å². The Balaban J connectivity index is 1.25. The SMILES string of the molecule is CCCCCCCCCCCCCCCCCCn1c(CCCCCNC(=O)c2ccccc2F)nc2ccccc21. The van der Waals surface area contributed by atoms with E-state index in [0.29, 0.717) is 6.54 Å². The predicted octanol–water partition coefficient (Wildman–Crippen LogP) is 10.6. The first-order chi connectivity index (χ1) is 20.7. The van der Waals surface area contributed by atoms with Crippen molar-refractivity contribution >= 4 is 16.9 Å². The Morgan fingerprint density at radius 3 is 1.88 bits per heavy atom. The van der Waals surface area contributed by atoms with Crippen LogP contribution in [0.15, 0.2) is 48.5 Å². The number of hydrogen-bond donors (Lipinski definition) is 1. The number of para-hydroxylation sites is 2. The van der Waals surface area contributed by atoms with Gasteiger partial charge in [0, 0.05) is 19.5 Å². The van der Waals surface area contributed by atoms with E-state index in [-0.39, 0.29) is 11.5 Å². The maximum Gasteiger partial charge on any atom is 0.254 e. The van der Waals surface area contributed by atoms with Crippen molar-refractivity contribution in [2.24, 2.45) is 0 Å². The molecule has 1 amide bonds. The average molecular weight is 578 g/mol. The number of amides is 1. The van der Waals surface area contributed by atoms with Gasteiger partial charge < -0.3 is 9.88 Å². The second kappa shape index (κ2) is 21.1. The van der Waals surface area contributed by atoms with Gasteiger partial charge in [0.05, 0.1) is 16.6 Å². The van der Waals surface area contributed by atoms with Gasteiger partial charge in [0.15, 0.2) is 0 Å². The molecule has 5 heteroatoms. The molecule has 0 aliphatic heterocycles. The van der Waals surface area contributed by atoms with Crippen molar-refractivity contribution in [2.45, 2.75) is 142 Å². The standard InChI is InChI=1S/C37H56FN3O/c1-2-3-4-5-6-7-8-9-10-11-12-13-14-15-16-24-31-41-35-28-22-21-27-34(35)40-36(41)29-18-17-23-30-39-37(42)32-25-19-20-26-33(32)38/h19-22,25-28H,2-18,23-24,29-31H2,1H3,(H,39,42). The molecule has 2 aromatic carbocycles. The van der Waals surface area contributed by atoms with Crippen molar-refractivity contribution < 1.29 is 9.18 Å². The number of fused-ring (bicyclic) bond motifs is 1. The highest BCUT2D eigenvalue weighted by Crippen LogP contribution is 2.20. The van der Waals surface area contributed by atoms with Crippen molar-refractivity contribution in [1.29, 1.82) is 0 Å². The van der Waals surface area contributed by atoms with E-state index in [4.69, 9.17) is 4.98 Å². The normalized spacial score (nSPS) is 11.4. The Morgan fingerprint density at radius 1 is 0.690 bits per heavy atom. The maximum atomic E-state index is 13.8. The van der Waals surface area contributed by atoms with Crippen molar-refractivity contribution in [3.8, 4) is 0 Å². The minimum absolute atomic E-state index is 0.111. The number of unbranched alkanes of at least 4 members (excludes halogenated alkanes) is 17. The molecule has 3 aromatic rings. The van der Waals surface area contributed by atoms with Gasteiger partial charge in [0.1, 0.15) is 11.6 Å². The molecule has 0 spiro atoms. The van der Waals surface area contributed by atoms with Crippen LogP contribution in [-0.4, -0.2) is 22.0 Å². The predicted molar refractivity (Wildman–Crippen MR) is 176 cm³/mol. The number of rotatable bonds is 24. The number of aromatic nitrogens is 2. The molecular weight excluding hydrogens is 521 g/mol. The Morgan fingerprint density at radius 2 is 1.24 bits per heavy atom. The first-order valence-corrected chi connectivity index (χ1v) is 17.2. The van der Waals surface area contributed by atoms with E-state index in [0.717, 1.165) is 37.7 Å². The van der Waals surface area contributed by atoms with Gasteiger partial charge in [0.2, 0.25) is 0 Å². The third-order valence-corrected chi connectivity index (χ3v) is 8.45. The molecule has 1 aromatic heterocycles. The summed E-state index contributed by atoms with van der Waals surface area (Å²) in [5.41, 5.74) is 2.44. The lowest BCUT2D eigenvalue weighted by molar-refractivity contribution is 0.0949. The van der Waals surface area contributed by atoms with E-state index < -0.39 is 5.82 Å². The van der Waals surface area contributed by atoms with E-state index in [1.165, 1.54) is 126 Å². The molecule has 232 valence electrons. The van der Waals surface area contributed by atoms with Gasteiger partial charge in [-0.05, 0) is 43.5 Å². The van der Waals surface area contributed by atoms with E-state index in [1.54, 1.807) is 12.1 Å². The molecule has 0 radical (unpaired) electrons. The highest BCUT2D eigenvalue weighted by Gasteiger charge is 2.11. The highest BCUT2D eigenvalue weighted by molar-refractivity contribution is 5.94. The van der Waals surface area contributed by atoms with Crippen LogP contribution in [0.25, 0.3) is 11.0 Å². The summed E-state index contributed by atoms with van der Waals surface area (Å²) in [5.74, 6) is 0.361. The Hall–Kier alpha value is -2.69. The van der Waals surface area contributed by atoms with Crippen molar-refractivity contribution in [3.05, 3.63) is 65.7 Å². The zero-order valence-corrected chi connectivity index (χ0v) is 26.4. The molecule has 1 N–H and O–H groups in total. The molecule has 0 fully saturated rings. The van der Waals surface area contributed by atoms with Gasteiger partial charge in [-0.3, -0.25) is 4.79 Å². The molecule has 0 unspecified atom stereocenters. The summed E-state index contributed by atoms with van der Waals surface area (Å²) in [6, 6.07) is 14.6. The number of carbonyl (C=O) groups excluding carboxylic acids is 1. The fourth-order valence-electron chi connectivity index (χ4n) is 5.91. The molecule has 42 heavy (non-hydrogen) atoms. The second-order valence-electron chi connectivity index (χ2n) is 12.0. The molecule has 4 nitrogen and oxygen atoms in total. The number of nitrogens with zero attached hydrogens (tertiary/aromatic N) is 2. The number of halogens is 1. The third kappa shape index (κ3) is 12.7. The molecule has 0 atom stereocenters. The summed E-state index contributed by atoms with van der Waals surface area (Å²) < 4.78 is 16.2. The summed E-state index contributed by atoms with van der Waals surface area (Å²) in [6.45, 7) is 3.88. The molecular formula is C37H56FN3O. The van der Waals surface area contributed by atoms with E-state index in [2.05, 4.69) is 41.1 Å². The zero-order valence-electron chi connectivity index (χ0n) is 26.4. The molecule has 3 rings (SSSR count). The lowest BCUT2D eigenvalue weighted by Crippen LogP contribution is -2.25.